The number of carbonyl (C=O) groups is 1. The zero-order valence-corrected chi connectivity index (χ0v) is 14.0. The molecule has 0 aliphatic carbocycles. The molecule has 1 nitrogen and oxygen atoms in total. The molecule has 19 heavy (non-hydrogen) atoms. The Morgan fingerprint density at radius 1 is 1.16 bits per heavy atom. The fourth-order valence-electron chi connectivity index (χ4n) is 1.83. The van der Waals surface area contributed by atoms with Crippen LogP contribution in [0.25, 0.3) is 0 Å². The molecule has 0 radical (unpaired) electrons. The SMILES string of the molecule is Cc1ccc(Br)cc1C(=O)c1ccc(C(C)(C)C)s1. The molecule has 2 rings (SSSR count). The Kier molecular flexibility index (Phi) is 3.98. The predicted molar refractivity (Wildman–Crippen MR) is 85.3 cm³/mol. The summed E-state index contributed by atoms with van der Waals surface area (Å²) in [7, 11) is 0. The van der Waals surface area contributed by atoms with Crippen LogP contribution >= 0.6 is 27.3 Å². The van der Waals surface area contributed by atoms with Crippen molar-refractivity contribution in [1.29, 1.82) is 0 Å². The van der Waals surface area contributed by atoms with Crippen LogP contribution in [0, 0.1) is 6.92 Å². The van der Waals surface area contributed by atoms with E-state index in [1.54, 1.807) is 11.3 Å². The van der Waals surface area contributed by atoms with E-state index in [9.17, 15) is 4.79 Å². The Balaban J connectivity index is 2.39. The lowest BCUT2D eigenvalue weighted by Gasteiger charge is -2.15. The monoisotopic (exact) mass is 336 g/mol. The van der Waals surface area contributed by atoms with Gasteiger partial charge < -0.3 is 0 Å². The summed E-state index contributed by atoms with van der Waals surface area (Å²) >= 11 is 5.02. The normalized spacial score (nSPS) is 11.6. The lowest BCUT2D eigenvalue weighted by Crippen LogP contribution is -2.08. The Morgan fingerprint density at radius 2 is 1.84 bits per heavy atom. The molecular formula is C16H17BrOS. The maximum absolute atomic E-state index is 12.5. The number of aryl methyl sites for hydroxylation is 1. The second-order valence-corrected chi connectivity index (χ2v) is 7.70. The molecular weight excluding hydrogens is 320 g/mol. The summed E-state index contributed by atoms with van der Waals surface area (Å²) in [6.45, 7) is 8.46. The number of halogens is 1. The van der Waals surface area contributed by atoms with E-state index in [-0.39, 0.29) is 11.2 Å². The van der Waals surface area contributed by atoms with Crippen molar-refractivity contribution in [2.45, 2.75) is 33.1 Å². The van der Waals surface area contributed by atoms with Gasteiger partial charge in [0.2, 0.25) is 5.78 Å². The van der Waals surface area contributed by atoms with Gasteiger partial charge in [-0.3, -0.25) is 4.79 Å². The minimum atomic E-state index is 0.0928. The highest BCUT2D eigenvalue weighted by atomic mass is 79.9. The maximum Gasteiger partial charge on any atom is 0.203 e. The third kappa shape index (κ3) is 3.15. The molecule has 0 spiro atoms. The molecule has 0 atom stereocenters. The van der Waals surface area contributed by atoms with Crippen molar-refractivity contribution in [2.24, 2.45) is 0 Å². The van der Waals surface area contributed by atoms with Crippen molar-refractivity contribution < 1.29 is 4.79 Å². The van der Waals surface area contributed by atoms with E-state index in [0.29, 0.717) is 0 Å². The van der Waals surface area contributed by atoms with Crippen LogP contribution in [0.15, 0.2) is 34.8 Å². The lowest BCUT2D eigenvalue weighted by molar-refractivity contribution is 0.104. The van der Waals surface area contributed by atoms with Crippen LogP contribution in [-0.2, 0) is 5.41 Å². The number of benzene rings is 1. The first kappa shape index (κ1) is 14.5. The summed E-state index contributed by atoms with van der Waals surface area (Å²) in [5.74, 6) is 0.110. The van der Waals surface area contributed by atoms with E-state index in [1.807, 2.05) is 31.2 Å². The van der Waals surface area contributed by atoms with E-state index in [2.05, 4.69) is 42.8 Å². The second-order valence-electron chi connectivity index (χ2n) is 5.70. The highest BCUT2D eigenvalue weighted by molar-refractivity contribution is 9.10. The highest BCUT2D eigenvalue weighted by Crippen LogP contribution is 2.31. The van der Waals surface area contributed by atoms with Crippen molar-refractivity contribution in [3.05, 3.63) is 55.7 Å². The van der Waals surface area contributed by atoms with Gasteiger partial charge in [-0.25, -0.2) is 0 Å². The fraction of sp³-hybridized carbons (Fsp3) is 0.312. The minimum Gasteiger partial charge on any atom is -0.288 e. The molecule has 100 valence electrons. The number of ketones is 1. The Bertz CT molecular complexity index is 620. The Labute approximate surface area is 126 Å². The van der Waals surface area contributed by atoms with Gasteiger partial charge in [-0.2, -0.15) is 0 Å². The molecule has 0 N–H and O–H groups in total. The molecule has 0 saturated heterocycles. The summed E-state index contributed by atoms with van der Waals surface area (Å²) in [6.07, 6.45) is 0. The number of hydrogen-bond acceptors (Lipinski definition) is 2. The van der Waals surface area contributed by atoms with Crippen molar-refractivity contribution in [3.8, 4) is 0 Å². The van der Waals surface area contributed by atoms with E-state index in [4.69, 9.17) is 0 Å². The molecule has 0 unspecified atom stereocenters. The van der Waals surface area contributed by atoms with Crippen LogP contribution < -0.4 is 0 Å². The fourth-order valence-corrected chi connectivity index (χ4v) is 3.21. The van der Waals surface area contributed by atoms with Gasteiger partial charge in [0.05, 0.1) is 4.88 Å². The van der Waals surface area contributed by atoms with Gasteiger partial charge in [0.25, 0.3) is 0 Å². The number of hydrogen-bond donors (Lipinski definition) is 0. The standard InChI is InChI=1S/C16H17BrOS/c1-10-5-6-11(17)9-12(10)15(18)13-7-8-14(19-13)16(2,3)4/h5-9H,1-4H3. The third-order valence-electron chi connectivity index (χ3n) is 3.01. The zero-order chi connectivity index (χ0) is 14.2. The highest BCUT2D eigenvalue weighted by Gasteiger charge is 2.20. The summed E-state index contributed by atoms with van der Waals surface area (Å²) in [5.41, 5.74) is 1.88. The molecule has 1 heterocycles. The first-order valence-electron chi connectivity index (χ1n) is 6.20. The largest absolute Gasteiger partial charge is 0.288 e. The van der Waals surface area contributed by atoms with Crippen LogP contribution in [0.3, 0.4) is 0 Å². The molecule has 0 aliphatic rings. The average Bonchev–Trinajstić information content (AvgIpc) is 2.80. The molecule has 1 aromatic carbocycles. The smallest absolute Gasteiger partial charge is 0.203 e. The van der Waals surface area contributed by atoms with E-state index >= 15 is 0 Å². The maximum atomic E-state index is 12.5. The summed E-state index contributed by atoms with van der Waals surface area (Å²) in [4.78, 5) is 14.6. The molecule has 0 amide bonds. The zero-order valence-electron chi connectivity index (χ0n) is 11.6. The van der Waals surface area contributed by atoms with Gasteiger partial charge >= 0.3 is 0 Å². The van der Waals surface area contributed by atoms with Crippen LogP contribution in [0.1, 0.15) is 46.4 Å². The molecule has 0 bridgehead atoms. The second kappa shape index (κ2) is 5.22. The summed E-state index contributed by atoms with van der Waals surface area (Å²) in [6, 6.07) is 9.82. The quantitative estimate of drug-likeness (QED) is 0.675. The van der Waals surface area contributed by atoms with Gasteiger partial charge in [-0.15, -0.1) is 11.3 Å². The molecule has 0 fully saturated rings. The number of carbonyl (C=O) groups excluding carboxylic acids is 1. The topological polar surface area (TPSA) is 17.1 Å². The van der Waals surface area contributed by atoms with Crippen LogP contribution in [0.5, 0.6) is 0 Å². The van der Waals surface area contributed by atoms with Gasteiger partial charge in [0.15, 0.2) is 0 Å². The Hall–Kier alpha value is -0.930. The third-order valence-corrected chi connectivity index (χ3v) is 5.02. The molecule has 1 aromatic heterocycles. The molecule has 0 aliphatic heterocycles. The summed E-state index contributed by atoms with van der Waals surface area (Å²) < 4.78 is 0.939. The van der Waals surface area contributed by atoms with Crippen LogP contribution in [-0.4, -0.2) is 5.78 Å². The van der Waals surface area contributed by atoms with Gasteiger partial charge in [0.1, 0.15) is 0 Å². The number of rotatable bonds is 2. The van der Waals surface area contributed by atoms with E-state index < -0.39 is 0 Å². The van der Waals surface area contributed by atoms with E-state index in [1.165, 1.54) is 4.88 Å². The van der Waals surface area contributed by atoms with Crippen molar-refractivity contribution >= 4 is 33.0 Å². The van der Waals surface area contributed by atoms with Gasteiger partial charge in [0, 0.05) is 14.9 Å². The molecule has 3 heteroatoms. The van der Waals surface area contributed by atoms with Gasteiger partial charge in [-0.1, -0.05) is 42.8 Å². The average molecular weight is 337 g/mol. The first-order chi connectivity index (χ1) is 8.79. The van der Waals surface area contributed by atoms with Crippen LogP contribution in [0.2, 0.25) is 0 Å². The van der Waals surface area contributed by atoms with Crippen molar-refractivity contribution in [3.63, 3.8) is 0 Å². The van der Waals surface area contributed by atoms with E-state index in [0.717, 1.165) is 20.5 Å². The predicted octanol–water partition coefficient (Wildman–Crippen LogP) is 5.35. The van der Waals surface area contributed by atoms with Crippen LogP contribution in [0.4, 0.5) is 0 Å². The summed E-state index contributed by atoms with van der Waals surface area (Å²) in [5, 5.41) is 0. The number of thiophene rings is 1. The molecule has 0 saturated carbocycles. The minimum absolute atomic E-state index is 0.0928. The lowest BCUT2D eigenvalue weighted by atomic mass is 9.95. The van der Waals surface area contributed by atoms with Gasteiger partial charge in [-0.05, 0) is 42.2 Å². The molecule has 2 aromatic rings. The Morgan fingerprint density at radius 3 is 2.42 bits per heavy atom. The van der Waals surface area contributed by atoms with Crippen molar-refractivity contribution in [1.82, 2.24) is 0 Å². The first-order valence-corrected chi connectivity index (χ1v) is 7.81. The van der Waals surface area contributed by atoms with Crippen molar-refractivity contribution in [2.75, 3.05) is 0 Å².